The first-order chi connectivity index (χ1) is 15.2. The van der Waals surface area contributed by atoms with Crippen LogP contribution in [0.3, 0.4) is 0 Å². The highest BCUT2D eigenvalue weighted by Gasteiger charge is 2.36. The topological polar surface area (TPSA) is 109 Å². The molecule has 0 fully saturated rings. The fraction of sp³-hybridized carbons (Fsp3) is 0.0909. The van der Waals surface area contributed by atoms with E-state index < -0.39 is 29.1 Å². The number of nitriles is 1. The van der Waals surface area contributed by atoms with Crippen molar-refractivity contribution >= 4 is 29.3 Å². The summed E-state index contributed by atoms with van der Waals surface area (Å²) in [5, 5.41) is 11.7. The van der Waals surface area contributed by atoms with Crippen molar-refractivity contribution in [3.8, 4) is 17.3 Å². The number of alkyl halides is 3. The Morgan fingerprint density at radius 1 is 1.09 bits per heavy atom. The molecule has 0 spiro atoms. The molecule has 3 rings (SSSR count). The molecule has 0 saturated heterocycles. The number of hydrogen-bond acceptors (Lipinski definition) is 5. The first kappa shape index (κ1) is 22.8. The molecule has 3 aromatic rings. The number of anilines is 1. The van der Waals surface area contributed by atoms with E-state index in [9.17, 15) is 28.0 Å². The number of carbonyl (C=O) groups is 2. The fourth-order valence-electron chi connectivity index (χ4n) is 2.76. The number of amides is 2. The highest BCUT2D eigenvalue weighted by Crippen LogP contribution is 2.37. The SMILES string of the molecule is N#Cc1c(C(F)(F)F)cc(-c2ccccc2)nc1SCC(=O)Nc1ccc(C(N)=O)cc1. The third kappa shape index (κ3) is 5.44. The van der Waals surface area contributed by atoms with Gasteiger partial charge in [-0.2, -0.15) is 18.4 Å². The smallest absolute Gasteiger partial charge is 0.366 e. The van der Waals surface area contributed by atoms with Crippen molar-refractivity contribution in [1.29, 1.82) is 5.26 Å². The largest absolute Gasteiger partial charge is 0.417 e. The second-order valence-electron chi connectivity index (χ2n) is 6.49. The molecule has 0 saturated carbocycles. The minimum atomic E-state index is -4.77. The summed E-state index contributed by atoms with van der Waals surface area (Å²) in [5.74, 6) is -1.42. The lowest BCUT2D eigenvalue weighted by Crippen LogP contribution is -2.16. The molecule has 0 aliphatic heterocycles. The van der Waals surface area contributed by atoms with Gasteiger partial charge in [-0.1, -0.05) is 42.1 Å². The van der Waals surface area contributed by atoms with E-state index in [4.69, 9.17) is 5.73 Å². The zero-order chi connectivity index (χ0) is 23.3. The average molecular weight is 456 g/mol. The number of hydrogen-bond donors (Lipinski definition) is 2. The first-order valence-electron chi connectivity index (χ1n) is 9.09. The Hall–Kier alpha value is -3.84. The van der Waals surface area contributed by atoms with Crippen molar-refractivity contribution in [1.82, 2.24) is 4.98 Å². The molecular weight excluding hydrogens is 441 g/mol. The number of pyridine rings is 1. The molecule has 6 nitrogen and oxygen atoms in total. The number of thioether (sulfide) groups is 1. The van der Waals surface area contributed by atoms with E-state index in [0.717, 1.165) is 17.8 Å². The minimum Gasteiger partial charge on any atom is -0.366 e. The molecule has 0 aliphatic rings. The van der Waals surface area contributed by atoms with Crippen molar-refractivity contribution < 1.29 is 22.8 Å². The maximum Gasteiger partial charge on any atom is 0.417 e. The monoisotopic (exact) mass is 456 g/mol. The van der Waals surface area contributed by atoms with Crippen LogP contribution in [0.15, 0.2) is 65.7 Å². The van der Waals surface area contributed by atoms with E-state index in [1.807, 2.05) is 0 Å². The van der Waals surface area contributed by atoms with E-state index in [2.05, 4.69) is 10.3 Å². The number of primary amides is 1. The maximum atomic E-state index is 13.6. The van der Waals surface area contributed by atoms with Gasteiger partial charge in [-0.05, 0) is 30.3 Å². The highest BCUT2D eigenvalue weighted by atomic mass is 32.2. The van der Waals surface area contributed by atoms with Crippen LogP contribution in [0, 0.1) is 11.3 Å². The Morgan fingerprint density at radius 2 is 1.75 bits per heavy atom. The summed E-state index contributed by atoms with van der Waals surface area (Å²) in [7, 11) is 0. The second kappa shape index (κ2) is 9.53. The maximum absolute atomic E-state index is 13.6. The Labute approximate surface area is 185 Å². The summed E-state index contributed by atoms with van der Waals surface area (Å²) >= 11 is 0.726. The summed E-state index contributed by atoms with van der Waals surface area (Å²) < 4.78 is 40.8. The van der Waals surface area contributed by atoms with Crippen molar-refractivity contribution in [3.63, 3.8) is 0 Å². The second-order valence-corrected chi connectivity index (χ2v) is 7.45. The summed E-state index contributed by atoms with van der Waals surface area (Å²) in [6.07, 6.45) is -4.77. The van der Waals surface area contributed by atoms with Gasteiger partial charge in [-0.25, -0.2) is 4.98 Å². The number of nitrogens with zero attached hydrogens (tertiary/aromatic N) is 2. The van der Waals surface area contributed by atoms with Crippen LogP contribution in [-0.4, -0.2) is 22.6 Å². The van der Waals surface area contributed by atoms with Gasteiger partial charge < -0.3 is 11.1 Å². The molecule has 32 heavy (non-hydrogen) atoms. The minimum absolute atomic E-state index is 0.0434. The molecule has 3 N–H and O–H groups in total. The van der Waals surface area contributed by atoms with Crippen molar-refractivity contribution in [2.75, 3.05) is 11.1 Å². The quantitative estimate of drug-likeness (QED) is 0.532. The van der Waals surface area contributed by atoms with Crippen LogP contribution in [0.25, 0.3) is 11.3 Å². The molecule has 1 heterocycles. The third-order valence-electron chi connectivity index (χ3n) is 4.27. The Morgan fingerprint density at radius 3 is 2.31 bits per heavy atom. The molecule has 0 bridgehead atoms. The lowest BCUT2D eigenvalue weighted by Gasteiger charge is -2.14. The number of benzene rings is 2. The molecule has 162 valence electrons. The Balaban J connectivity index is 1.85. The van der Waals surface area contributed by atoms with Gasteiger partial charge in [0.15, 0.2) is 0 Å². The fourth-order valence-corrected chi connectivity index (χ4v) is 3.57. The van der Waals surface area contributed by atoms with Crippen molar-refractivity contribution in [2.24, 2.45) is 5.73 Å². The van der Waals surface area contributed by atoms with Gasteiger partial charge in [0.1, 0.15) is 11.1 Å². The summed E-state index contributed by atoms with van der Waals surface area (Å²) in [5.41, 5.74) is 4.54. The number of nitrogens with one attached hydrogen (secondary N) is 1. The Bertz CT molecular complexity index is 1190. The zero-order valence-corrected chi connectivity index (χ0v) is 17.1. The van der Waals surface area contributed by atoms with E-state index in [1.54, 1.807) is 36.4 Å². The van der Waals surface area contributed by atoms with Gasteiger partial charge in [0.05, 0.1) is 22.6 Å². The standard InChI is InChI=1S/C22H15F3N4O2S/c23-22(24,25)17-10-18(13-4-2-1-3-5-13)29-21(16(17)11-26)32-12-19(30)28-15-8-6-14(7-9-15)20(27)31/h1-10H,12H2,(H2,27,31)(H,28,30). The van der Waals surface area contributed by atoms with Crippen molar-refractivity contribution in [2.45, 2.75) is 11.2 Å². The van der Waals surface area contributed by atoms with Crippen molar-refractivity contribution in [3.05, 3.63) is 77.4 Å². The summed E-state index contributed by atoms with van der Waals surface area (Å²) in [6.45, 7) is 0. The molecule has 0 aliphatic carbocycles. The number of nitrogens with two attached hydrogens (primary N) is 1. The molecule has 2 aromatic carbocycles. The number of halogens is 3. The summed E-state index contributed by atoms with van der Waals surface area (Å²) in [4.78, 5) is 27.6. The molecule has 0 radical (unpaired) electrons. The van der Waals surface area contributed by atoms with Gasteiger partial charge in [0, 0.05) is 16.8 Å². The van der Waals surface area contributed by atoms with Crippen LogP contribution < -0.4 is 11.1 Å². The zero-order valence-electron chi connectivity index (χ0n) is 16.3. The van der Waals surface area contributed by atoms with Gasteiger partial charge in [-0.15, -0.1) is 0 Å². The third-order valence-corrected chi connectivity index (χ3v) is 5.24. The first-order valence-corrected chi connectivity index (χ1v) is 10.1. The van der Waals surface area contributed by atoms with E-state index in [0.29, 0.717) is 11.3 Å². The normalized spacial score (nSPS) is 10.9. The number of carbonyl (C=O) groups excluding carboxylic acids is 2. The van der Waals surface area contributed by atoms with E-state index in [-0.39, 0.29) is 22.0 Å². The number of aromatic nitrogens is 1. The van der Waals surface area contributed by atoms with Gasteiger partial charge in [-0.3, -0.25) is 9.59 Å². The van der Waals surface area contributed by atoms with Crippen LogP contribution in [0.1, 0.15) is 21.5 Å². The van der Waals surface area contributed by atoms with Crippen LogP contribution in [0.2, 0.25) is 0 Å². The predicted molar refractivity (Wildman–Crippen MR) is 114 cm³/mol. The summed E-state index contributed by atoms with van der Waals surface area (Å²) in [6, 6.07) is 16.4. The lowest BCUT2D eigenvalue weighted by atomic mass is 10.1. The molecular formula is C22H15F3N4O2S. The van der Waals surface area contributed by atoms with Gasteiger partial charge in [0.25, 0.3) is 0 Å². The molecule has 0 unspecified atom stereocenters. The molecule has 2 amide bonds. The predicted octanol–water partition coefficient (Wildman–Crippen LogP) is 4.47. The molecule has 1 aromatic heterocycles. The molecule has 0 atom stereocenters. The van der Waals surface area contributed by atoms with E-state index in [1.165, 1.54) is 24.3 Å². The Kier molecular flexibility index (Phi) is 6.80. The average Bonchev–Trinajstić information content (AvgIpc) is 2.77. The van der Waals surface area contributed by atoms with Crippen LogP contribution in [0.4, 0.5) is 18.9 Å². The van der Waals surface area contributed by atoms with Crippen LogP contribution in [-0.2, 0) is 11.0 Å². The highest BCUT2D eigenvalue weighted by molar-refractivity contribution is 8.00. The lowest BCUT2D eigenvalue weighted by molar-refractivity contribution is -0.138. The number of rotatable bonds is 6. The van der Waals surface area contributed by atoms with Crippen LogP contribution in [0.5, 0.6) is 0 Å². The van der Waals surface area contributed by atoms with Gasteiger partial charge >= 0.3 is 6.18 Å². The van der Waals surface area contributed by atoms with Gasteiger partial charge in [0.2, 0.25) is 11.8 Å². The van der Waals surface area contributed by atoms with E-state index >= 15 is 0 Å². The molecule has 10 heteroatoms. The van der Waals surface area contributed by atoms with Crippen LogP contribution >= 0.6 is 11.8 Å².